The highest BCUT2D eigenvalue weighted by atomic mass is 19.1. The molecule has 0 bridgehead atoms. The zero-order chi connectivity index (χ0) is 30.1. The molecule has 43 heavy (non-hydrogen) atoms. The lowest BCUT2D eigenvalue weighted by Gasteiger charge is -2.23. The van der Waals surface area contributed by atoms with Crippen LogP contribution in [0.15, 0.2) is 48.8 Å². The number of urea groups is 1. The van der Waals surface area contributed by atoms with Gasteiger partial charge in [-0.3, -0.25) is 0 Å². The first-order valence-corrected chi connectivity index (χ1v) is 15.1. The topological polar surface area (TPSA) is 115 Å². The van der Waals surface area contributed by atoms with Crippen molar-refractivity contribution in [1.82, 2.24) is 25.2 Å². The second kappa shape index (κ2) is 12.3. The highest BCUT2D eigenvalue weighted by Crippen LogP contribution is 2.35. The fraction of sp³-hybridized carbons (Fsp3) is 0.424. The number of halogens is 1. The molecule has 2 saturated heterocycles. The first-order valence-electron chi connectivity index (χ1n) is 15.1. The number of aliphatic hydroxyl groups is 1. The predicted molar refractivity (Wildman–Crippen MR) is 166 cm³/mol. The Morgan fingerprint density at radius 1 is 1.14 bits per heavy atom. The number of nitrogens with zero attached hydrogens (tertiary/aromatic N) is 3. The summed E-state index contributed by atoms with van der Waals surface area (Å²) >= 11 is 0. The monoisotopic (exact) mass is 586 g/mol. The smallest absolute Gasteiger partial charge is 0.321 e. The van der Waals surface area contributed by atoms with Crippen molar-refractivity contribution in [3.05, 3.63) is 60.2 Å². The number of carbonyl (C=O) groups excluding carboxylic acids is 1. The molecular weight excluding hydrogens is 547 g/mol. The number of hydrogen-bond donors (Lipinski definition) is 4. The molecule has 2 atom stereocenters. The summed E-state index contributed by atoms with van der Waals surface area (Å²) in [6.07, 6.45) is 3.95. The van der Waals surface area contributed by atoms with Gasteiger partial charge in [-0.05, 0) is 98.8 Å². The molecule has 4 heterocycles. The van der Waals surface area contributed by atoms with Crippen LogP contribution in [-0.2, 0) is 0 Å². The summed E-state index contributed by atoms with van der Waals surface area (Å²) in [4.78, 5) is 27.1. The molecule has 4 N–H and O–H groups in total. The van der Waals surface area contributed by atoms with Crippen LogP contribution in [0.5, 0.6) is 5.75 Å². The van der Waals surface area contributed by atoms with Crippen molar-refractivity contribution in [1.29, 1.82) is 0 Å². The Bertz CT molecular complexity index is 1600. The number of piperidine rings is 1. The van der Waals surface area contributed by atoms with Crippen LogP contribution in [-0.4, -0.2) is 69.4 Å². The number of hydrogen-bond acceptors (Lipinski definition) is 6. The van der Waals surface area contributed by atoms with E-state index in [0.29, 0.717) is 40.6 Å². The summed E-state index contributed by atoms with van der Waals surface area (Å²) in [6.45, 7) is 8.72. The van der Waals surface area contributed by atoms with Crippen LogP contribution in [0.1, 0.15) is 38.7 Å². The second-order valence-electron chi connectivity index (χ2n) is 12.2. The minimum absolute atomic E-state index is 0.0326. The zero-order valence-corrected chi connectivity index (χ0v) is 24.9. The summed E-state index contributed by atoms with van der Waals surface area (Å²) < 4.78 is 21.1. The molecule has 2 aromatic carbocycles. The maximum Gasteiger partial charge on any atom is 0.321 e. The number of aliphatic hydroxyl groups excluding tert-OH is 1. The van der Waals surface area contributed by atoms with Crippen LogP contribution in [0, 0.1) is 24.6 Å². The average molecular weight is 587 g/mol. The third-order valence-electron chi connectivity index (χ3n) is 8.52. The van der Waals surface area contributed by atoms with Gasteiger partial charge in [0.2, 0.25) is 0 Å². The van der Waals surface area contributed by atoms with Crippen LogP contribution in [0.25, 0.3) is 33.5 Å². The lowest BCUT2D eigenvalue weighted by molar-refractivity contribution is 0.132. The van der Waals surface area contributed by atoms with E-state index in [4.69, 9.17) is 4.74 Å². The maximum absolute atomic E-state index is 15.0. The number of anilines is 1. The fourth-order valence-electron chi connectivity index (χ4n) is 6.24. The molecule has 2 amide bonds. The summed E-state index contributed by atoms with van der Waals surface area (Å²) in [5, 5.41) is 17.5. The molecule has 2 aliphatic heterocycles. The number of benzene rings is 2. The van der Waals surface area contributed by atoms with Gasteiger partial charge in [-0.1, -0.05) is 13.8 Å². The number of ether oxygens (including phenoxy) is 1. The number of H-pyrrole nitrogens is 1. The van der Waals surface area contributed by atoms with Crippen LogP contribution < -0.4 is 15.4 Å². The summed E-state index contributed by atoms with van der Waals surface area (Å²) in [5.74, 6) is 0.815. The third-order valence-corrected chi connectivity index (χ3v) is 8.52. The van der Waals surface area contributed by atoms with Crippen LogP contribution in [0.4, 0.5) is 14.9 Å². The van der Waals surface area contributed by atoms with Crippen molar-refractivity contribution in [2.45, 2.75) is 52.2 Å². The van der Waals surface area contributed by atoms with Crippen LogP contribution in [0.3, 0.4) is 0 Å². The molecule has 0 spiro atoms. The first kappa shape index (κ1) is 29.1. The Kier molecular flexibility index (Phi) is 8.32. The van der Waals surface area contributed by atoms with E-state index in [0.717, 1.165) is 54.7 Å². The van der Waals surface area contributed by atoms with Crippen molar-refractivity contribution in [3.63, 3.8) is 0 Å². The quantitative estimate of drug-likeness (QED) is 0.220. The van der Waals surface area contributed by atoms with Crippen molar-refractivity contribution in [2.24, 2.45) is 11.8 Å². The van der Waals surface area contributed by atoms with Gasteiger partial charge < -0.3 is 30.4 Å². The minimum atomic E-state index is -0.562. The van der Waals surface area contributed by atoms with E-state index < -0.39 is 11.9 Å². The number of amides is 2. The number of aromatic amines is 1. The highest BCUT2D eigenvalue weighted by molar-refractivity contribution is 5.97. The van der Waals surface area contributed by atoms with Gasteiger partial charge in [0, 0.05) is 41.3 Å². The van der Waals surface area contributed by atoms with E-state index in [9.17, 15) is 14.3 Å². The van der Waals surface area contributed by atoms with Crippen molar-refractivity contribution in [3.8, 4) is 28.3 Å². The number of β-amino-alcohol motifs (C(OH)–C–C–N with tert-alkyl or cyclic N) is 1. The van der Waals surface area contributed by atoms with Gasteiger partial charge >= 0.3 is 6.03 Å². The largest absolute Gasteiger partial charge is 0.490 e. The Labute approximate surface area is 250 Å². The Hall–Kier alpha value is -4.02. The Morgan fingerprint density at radius 2 is 1.91 bits per heavy atom. The number of aromatic nitrogens is 3. The molecule has 4 aromatic rings. The normalized spacial score (nSPS) is 19.3. The number of rotatable bonds is 7. The third kappa shape index (κ3) is 6.35. The molecule has 6 rings (SSSR count). The van der Waals surface area contributed by atoms with Gasteiger partial charge in [0.1, 0.15) is 29.6 Å². The molecule has 10 heteroatoms. The minimum Gasteiger partial charge on any atom is -0.490 e. The molecule has 0 saturated carbocycles. The van der Waals surface area contributed by atoms with E-state index in [1.807, 2.05) is 37.3 Å². The van der Waals surface area contributed by atoms with Gasteiger partial charge in [0.15, 0.2) is 0 Å². The maximum atomic E-state index is 15.0. The van der Waals surface area contributed by atoms with Crippen molar-refractivity contribution in [2.75, 3.05) is 31.5 Å². The van der Waals surface area contributed by atoms with E-state index in [1.54, 1.807) is 4.90 Å². The number of likely N-dealkylation sites (tertiary alicyclic amines) is 1. The van der Waals surface area contributed by atoms with Crippen molar-refractivity contribution < 1.29 is 19.0 Å². The first-order chi connectivity index (χ1) is 20.7. The number of nitrogens with one attached hydrogen (secondary N) is 3. The summed E-state index contributed by atoms with van der Waals surface area (Å²) in [6, 6.07) is 12.3. The molecule has 0 aliphatic carbocycles. The number of fused-ring (bicyclic) bond motifs is 1. The molecule has 226 valence electrons. The van der Waals surface area contributed by atoms with Gasteiger partial charge in [-0.2, -0.15) is 0 Å². The van der Waals surface area contributed by atoms with Crippen LogP contribution in [0.2, 0.25) is 0 Å². The van der Waals surface area contributed by atoms with E-state index in [-0.39, 0.29) is 24.6 Å². The lowest BCUT2D eigenvalue weighted by Crippen LogP contribution is -2.34. The Balaban J connectivity index is 1.24. The molecular formula is C33H39FN6O3. The molecule has 0 radical (unpaired) electrons. The van der Waals surface area contributed by atoms with Gasteiger partial charge in [0.25, 0.3) is 0 Å². The molecule has 9 nitrogen and oxygen atoms in total. The SMILES string of the molecule is Cc1c(NC(=O)N2C[C@H](CC(C)C)[C@@H](O)C2)cc(F)cc1-c1ncnc2[nH]c(-c3ccc(OC4CCNCC4)cc3)cc12. The fourth-order valence-corrected chi connectivity index (χ4v) is 6.24. The summed E-state index contributed by atoms with van der Waals surface area (Å²) in [5.41, 5.74) is 4.65. The van der Waals surface area contributed by atoms with E-state index in [2.05, 4.69) is 39.4 Å². The van der Waals surface area contributed by atoms with Gasteiger partial charge in [-0.15, -0.1) is 0 Å². The predicted octanol–water partition coefficient (Wildman–Crippen LogP) is 5.74. The standard InChI is InChI=1S/C33H39FN6O3/c1-19(2)12-22-16-40(17-30(22)41)33(42)39-28-14-23(34)13-26(20(28)3)31-27-15-29(38-32(27)37-18-36-31)21-4-6-24(7-5-21)43-25-8-10-35-11-9-25/h4-7,13-15,18-19,22,25,30,35,41H,8-12,16-17H2,1-3H3,(H,39,42)(H,36,37,38)/t22-,30-/m0/s1. The van der Waals surface area contributed by atoms with Crippen molar-refractivity contribution >= 4 is 22.8 Å². The highest BCUT2D eigenvalue weighted by Gasteiger charge is 2.34. The second-order valence-corrected chi connectivity index (χ2v) is 12.2. The summed E-state index contributed by atoms with van der Waals surface area (Å²) in [7, 11) is 0. The molecule has 2 aliphatic rings. The molecule has 2 aromatic heterocycles. The van der Waals surface area contributed by atoms with E-state index >= 15 is 0 Å². The van der Waals surface area contributed by atoms with E-state index in [1.165, 1.54) is 18.5 Å². The van der Waals surface area contributed by atoms with Crippen LogP contribution >= 0.6 is 0 Å². The van der Waals surface area contributed by atoms with Gasteiger partial charge in [-0.25, -0.2) is 19.2 Å². The van der Waals surface area contributed by atoms with Gasteiger partial charge in [0.05, 0.1) is 11.8 Å². The Morgan fingerprint density at radius 3 is 2.65 bits per heavy atom. The average Bonchev–Trinajstić information content (AvgIpc) is 3.59. The zero-order valence-electron chi connectivity index (χ0n) is 24.9. The lowest BCUT2D eigenvalue weighted by atomic mass is 9.95. The molecule has 0 unspecified atom stereocenters. The number of carbonyl (C=O) groups is 1. The molecule has 2 fully saturated rings.